The number of halogens is 2. The normalized spacial score (nSPS) is 14.2. The summed E-state index contributed by atoms with van der Waals surface area (Å²) in [6.07, 6.45) is 4.22. The Bertz CT molecular complexity index is 308. The van der Waals surface area contributed by atoms with Crippen LogP contribution in [0.1, 0.15) is 19.3 Å². The van der Waals surface area contributed by atoms with Crippen molar-refractivity contribution in [2.45, 2.75) is 25.9 Å². The Labute approximate surface area is 105 Å². The van der Waals surface area contributed by atoms with Gasteiger partial charge in [-0.3, -0.25) is 0 Å². The van der Waals surface area contributed by atoms with E-state index in [4.69, 9.17) is 5.11 Å². The monoisotopic (exact) mass is 263 g/mol. The van der Waals surface area contributed by atoms with Crippen molar-refractivity contribution in [3.8, 4) is 11.5 Å². The fourth-order valence-corrected chi connectivity index (χ4v) is 1.46. The van der Waals surface area contributed by atoms with Gasteiger partial charge in [-0.05, 0) is 38.1 Å². The van der Waals surface area contributed by atoms with Gasteiger partial charge in [-0.25, -0.2) is 0 Å². The van der Waals surface area contributed by atoms with Crippen LogP contribution in [0.15, 0.2) is 24.3 Å². The lowest BCUT2D eigenvalue weighted by Gasteiger charge is -2.08. The summed E-state index contributed by atoms with van der Waals surface area (Å²) in [6.45, 7) is -0.350. The second kappa shape index (κ2) is 9.61. The largest absolute Gasteiger partial charge is 0.508 e. The number of ether oxygens (including phenoxy) is 1. The van der Waals surface area contributed by atoms with Crippen LogP contribution in [0.2, 0.25) is 0 Å². The summed E-state index contributed by atoms with van der Waals surface area (Å²) in [7, 11) is 0. The van der Waals surface area contributed by atoms with E-state index < -0.39 is 6.61 Å². The minimum Gasteiger partial charge on any atom is -0.508 e. The molecule has 0 radical (unpaired) electrons. The molecule has 0 amide bonds. The van der Waals surface area contributed by atoms with Crippen molar-refractivity contribution in [3.05, 3.63) is 24.3 Å². The molecule has 4 N–H and O–H groups in total. The maximum Gasteiger partial charge on any atom is 0.387 e. The SMILES string of the molecule is C1CCNCC1.O.Oc1cccc(OC(F)F)c1. The van der Waals surface area contributed by atoms with Crippen LogP contribution in [0.5, 0.6) is 11.5 Å². The maximum atomic E-state index is 11.5. The molecular formula is C12H19F2NO3. The third-order valence-corrected chi connectivity index (χ3v) is 2.25. The third-order valence-electron chi connectivity index (χ3n) is 2.25. The van der Waals surface area contributed by atoms with Crippen molar-refractivity contribution in [2.75, 3.05) is 13.1 Å². The van der Waals surface area contributed by atoms with E-state index in [1.165, 1.54) is 50.6 Å². The van der Waals surface area contributed by atoms with Gasteiger partial charge >= 0.3 is 6.61 Å². The number of benzene rings is 1. The first-order valence-corrected chi connectivity index (χ1v) is 5.63. The molecule has 1 fully saturated rings. The van der Waals surface area contributed by atoms with Crippen LogP contribution in [-0.2, 0) is 0 Å². The predicted octanol–water partition coefficient (Wildman–Crippen LogP) is 1.93. The van der Waals surface area contributed by atoms with Crippen molar-refractivity contribution in [3.63, 3.8) is 0 Å². The molecule has 0 spiro atoms. The lowest BCUT2D eigenvalue weighted by Crippen LogP contribution is -2.21. The molecule has 1 aromatic rings. The third kappa shape index (κ3) is 7.81. The minimum atomic E-state index is -2.85. The molecule has 4 nitrogen and oxygen atoms in total. The van der Waals surface area contributed by atoms with Gasteiger partial charge in [0.1, 0.15) is 11.5 Å². The Kier molecular flexibility index (Phi) is 8.86. The van der Waals surface area contributed by atoms with Gasteiger partial charge in [-0.2, -0.15) is 8.78 Å². The van der Waals surface area contributed by atoms with E-state index in [1.54, 1.807) is 0 Å². The van der Waals surface area contributed by atoms with Crippen LogP contribution in [0.25, 0.3) is 0 Å². The number of hydrogen-bond acceptors (Lipinski definition) is 3. The summed E-state index contributed by atoms with van der Waals surface area (Å²) in [4.78, 5) is 0. The van der Waals surface area contributed by atoms with Gasteiger partial charge in [-0.1, -0.05) is 12.5 Å². The van der Waals surface area contributed by atoms with Crippen molar-refractivity contribution in [1.82, 2.24) is 5.32 Å². The molecule has 1 aliphatic heterocycles. The highest BCUT2D eigenvalue weighted by Crippen LogP contribution is 2.19. The molecule has 1 aromatic carbocycles. The van der Waals surface area contributed by atoms with E-state index in [0.717, 1.165) is 6.07 Å². The Morgan fingerprint density at radius 1 is 1.17 bits per heavy atom. The zero-order valence-corrected chi connectivity index (χ0v) is 10.0. The molecule has 1 heterocycles. The molecule has 104 valence electrons. The van der Waals surface area contributed by atoms with Crippen LogP contribution in [0, 0.1) is 0 Å². The van der Waals surface area contributed by atoms with E-state index in [9.17, 15) is 8.78 Å². The molecule has 2 rings (SSSR count). The summed E-state index contributed by atoms with van der Waals surface area (Å²) in [5.74, 6) is -0.136. The fourth-order valence-electron chi connectivity index (χ4n) is 1.46. The lowest BCUT2D eigenvalue weighted by atomic mass is 10.2. The molecule has 0 aliphatic carbocycles. The molecule has 0 bridgehead atoms. The van der Waals surface area contributed by atoms with E-state index in [2.05, 4.69) is 10.1 Å². The summed E-state index contributed by atoms with van der Waals surface area (Å²) >= 11 is 0. The van der Waals surface area contributed by atoms with Crippen LogP contribution in [0.3, 0.4) is 0 Å². The Hall–Kier alpha value is -1.40. The minimum absolute atomic E-state index is 0. The molecule has 0 atom stereocenters. The summed E-state index contributed by atoms with van der Waals surface area (Å²) in [6, 6.07) is 5.25. The number of piperidine rings is 1. The second-order valence-corrected chi connectivity index (χ2v) is 3.69. The summed E-state index contributed by atoms with van der Waals surface area (Å²) < 4.78 is 27.1. The Morgan fingerprint density at radius 3 is 2.22 bits per heavy atom. The molecule has 0 unspecified atom stereocenters. The lowest BCUT2D eigenvalue weighted by molar-refractivity contribution is -0.0499. The van der Waals surface area contributed by atoms with Gasteiger partial charge in [0.05, 0.1) is 0 Å². The van der Waals surface area contributed by atoms with Crippen LogP contribution < -0.4 is 10.1 Å². The molecule has 1 aliphatic rings. The van der Waals surface area contributed by atoms with Crippen molar-refractivity contribution in [1.29, 1.82) is 0 Å². The number of phenols is 1. The number of rotatable bonds is 2. The summed E-state index contributed by atoms with van der Waals surface area (Å²) in [5, 5.41) is 12.1. The number of phenolic OH excluding ortho intramolecular Hbond substituents is 1. The average Bonchev–Trinajstić information content (AvgIpc) is 2.31. The van der Waals surface area contributed by atoms with Crippen LogP contribution >= 0.6 is 0 Å². The number of aromatic hydroxyl groups is 1. The van der Waals surface area contributed by atoms with E-state index in [-0.39, 0.29) is 17.0 Å². The number of nitrogens with one attached hydrogen (secondary N) is 1. The smallest absolute Gasteiger partial charge is 0.387 e. The highest BCUT2D eigenvalue weighted by atomic mass is 19.3. The van der Waals surface area contributed by atoms with Crippen molar-refractivity contribution in [2.24, 2.45) is 0 Å². The summed E-state index contributed by atoms with van der Waals surface area (Å²) in [5.41, 5.74) is 0. The topological polar surface area (TPSA) is 73.0 Å². The first-order valence-electron chi connectivity index (χ1n) is 5.63. The zero-order valence-electron chi connectivity index (χ0n) is 10.0. The zero-order chi connectivity index (χ0) is 12.5. The van der Waals surface area contributed by atoms with Crippen molar-refractivity contribution < 1.29 is 24.1 Å². The van der Waals surface area contributed by atoms with E-state index >= 15 is 0 Å². The molecule has 1 saturated heterocycles. The Morgan fingerprint density at radius 2 is 1.83 bits per heavy atom. The van der Waals surface area contributed by atoms with Crippen LogP contribution in [-0.4, -0.2) is 30.3 Å². The first kappa shape index (κ1) is 16.6. The van der Waals surface area contributed by atoms with Crippen LogP contribution in [0.4, 0.5) is 8.78 Å². The molecule has 0 saturated carbocycles. The van der Waals surface area contributed by atoms with Gasteiger partial charge in [0, 0.05) is 6.07 Å². The van der Waals surface area contributed by atoms with Gasteiger partial charge < -0.3 is 20.6 Å². The number of hydrogen-bond donors (Lipinski definition) is 2. The van der Waals surface area contributed by atoms with Gasteiger partial charge in [0.25, 0.3) is 0 Å². The maximum absolute atomic E-state index is 11.5. The highest BCUT2D eigenvalue weighted by molar-refractivity contribution is 5.31. The van der Waals surface area contributed by atoms with E-state index in [0.29, 0.717) is 0 Å². The fraction of sp³-hybridized carbons (Fsp3) is 0.500. The average molecular weight is 263 g/mol. The predicted molar refractivity (Wildman–Crippen MR) is 65.1 cm³/mol. The standard InChI is InChI=1S/C7H6F2O2.C5H11N.H2O/c8-7(9)11-6-3-1-2-5(10)4-6;1-2-4-6-5-3-1;/h1-4,7,10H;6H,1-5H2;1H2. The van der Waals surface area contributed by atoms with Gasteiger partial charge in [0.15, 0.2) is 0 Å². The van der Waals surface area contributed by atoms with Crippen molar-refractivity contribution >= 4 is 0 Å². The van der Waals surface area contributed by atoms with Gasteiger partial charge in [0.2, 0.25) is 0 Å². The van der Waals surface area contributed by atoms with E-state index in [1.807, 2.05) is 0 Å². The highest BCUT2D eigenvalue weighted by Gasteiger charge is 2.03. The first-order chi connectivity index (χ1) is 8.18. The second-order valence-electron chi connectivity index (χ2n) is 3.69. The van der Waals surface area contributed by atoms with Gasteiger partial charge in [-0.15, -0.1) is 0 Å². The molecule has 0 aromatic heterocycles. The molecule has 6 heteroatoms. The quantitative estimate of drug-likeness (QED) is 0.856. The molecule has 18 heavy (non-hydrogen) atoms. The molecular weight excluding hydrogens is 244 g/mol. The number of alkyl halides is 2. The Balaban J connectivity index is 0.000000352.